The molecule has 3 aromatic rings. The van der Waals surface area contributed by atoms with E-state index in [4.69, 9.17) is 4.74 Å². The third-order valence-corrected chi connectivity index (χ3v) is 7.30. The van der Waals surface area contributed by atoms with Gasteiger partial charge in [0.05, 0.1) is 24.5 Å². The molecule has 5 rings (SSSR count). The van der Waals surface area contributed by atoms with Crippen molar-refractivity contribution in [2.24, 2.45) is 0 Å². The first-order valence-corrected chi connectivity index (χ1v) is 12.7. The van der Waals surface area contributed by atoms with E-state index >= 15 is 0 Å². The summed E-state index contributed by atoms with van der Waals surface area (Å²) in [7, 11) is 0. The largest absolute Gasteiger partial charge is 0.420 e. The molecule has 6 nitrogen and oxygen atoms in total. The number of carbonyl (C=O) groups is 2. The normalized spacial score (nSPS) is 16.2. The zero-order valence-electron chi connectivity index (χ0n) is 21.9. The van der Waals surface area contributed by atoms with Crippen LogP contribution in [0, 0.1) is 58.2 Å². The van der Waals surface area contributed by atoms with Crippen molar-refractivity contribution in [3.05, 3.63) is 88.0 Å². The number of rotatable bonds is 7. The Bertz CT molecular complexity index is 1590. The number of halogens is 10. The lowest BCUT2D eigenvalue weighted by Crippen LogP contribution is -2.37. The quantitative estimate of drug-likeness (QED) is 0.0776. The van der Waals surface area contributed by atoms with E-state index in [1.54, 1.807) is 0 Å². The molecule has 234 valence electrons. The fourth-order valence-electron chi connectivity index (χ4n) is 4.66. The number of ether oxygens (including phenoxy) is 3. The van der Waals surface area contributed by atoms with E-state index in [1.165, 1.54) is 24.3 Å². The number of piperidine rings is 1. The summed E-state index contributed by atoms with van der Waals surface area (Å²) in [6.07, 6.45) is 0.154. The van der Waals surface area contributed by atoms with Gasteiger partial charge in [-0.1, -0.05) is 12.1 Å². The predicted octanol–water partition coefficient (Wildman–Crippen LogP) is 6.13. The van der Waals surface area contributed by atoms with Crippen molar-refractivity contribution in [2.75, 3.05) is 24.6 Å². The second-order valence-electron chi connectivity index (χ2n) is 10.0. The molecule has 2 heterocycles. The van der Waals surface area contributed by atoms with Crippen molar-refractivity contribution in [3.63, 3.8) is 0 Å². The monoisotopic (exact) mass is 637 g/mol. The van der Waals surface area contributed by atoms with Crippen molar-refractivity contribution in [1.82, 2.24) is 0 Å². The van der Waals surface area contributed by atoms with E-state index in [-0.39, 0.29) is 11.2 Å². The minimum Gasteiger partial charge on any atom is -0.420 e. The van der Waals surface area contributed by atoms with Crippen molar-refractivity contribution < 1.29 is 67.7 Å². The van der Waals surface area contributed by atoms with Crippen LogP contribution in [0.5, 0.6) is 11.5 Å². The van der Waals surface area contributed by atoms with Gasteiger partial charge in [-0.05, 0) is 30.5 Å². The molecule has 16 heteroatoms. The molecule has 2 aliphatic rings. The van der Waals surface area contributed by atoms with Gasteiger partial charge in [0.1, 0.15) is 0 Å². The first kappa shape index (κ1) is 31.1. The minimum atomic E-state index is -2.55. The molecule has 3 aromatic carbocycles. The molecule has 1 unspecified atom stereocenters. The SMILES string of the molecule is O=C(CC(C(=O)Oc1c(F)c(F)c(F)c(F)c1F)c1ccc(N2CCC3(CC2)CO3)cc1)Oc1c(F)c(F)c(F)c(F)c1F. The second kappa shape index (κ2) is 11.6. The topological polar surface area (TPSA) is 68.4 Å². The van der Waals surface area contributed by atoms with Crippen LogP contribution in [0.15, 0.2) is 24.3 Å². The Morgan fingerprint density at radius 3 is 1.52 bits per heavy atom. The Labute approximate surface area is 240 Å². The highest BCUT2D eigenvalue weighted by atomic mass is 19.2. The van der Waals surface area contributed by atoms with Crippen molar-refractivity contribution in [2.45, 2.75) is 30.8 Å². The van der Waals surface area contributed by atoms with Gasteiger partial charge in [0.2, 0.25) is 69.7 Å². The number of nitrogens with zero attached hydrogens (tertiary/aromatic N) is 1. The zero-order chi connectivity index (χ0) is 32.1. The lowest BCUT2D eigenvalue weighted by atomic mass is 9.94. The molecule has 0 aromatic heterocycles. The number of benzene rings is 3. The van der Waals surface area contributed by atoms with Crippen LogP contribution in [-0.2, 0) is 14.3 Å². The van der Waals surface area contributed by atoms with Gasteiger partial charge in [0.15, 0.2) is 0 Å². The summed E-state index contributed by atoms with van der Waals surface area (Å²) in [4.78, 5) is 27.6. The molecule has 1 atom stereocenters. The molecular formula is C28H17F10NO5. The van der Waals surface area contributed by atoms with Crippen molar-refractivity contribution >= 4 is 17.6 Å². The molecule has 2 aliphatic heterocycles. The molecule has 0 N–H and O–H groups in total. The van der Waals surface area contributed by atoms with E-state index < -0.39 is 93.9 Å². The zero-order valence-corrected chi connectivity index (χ0v) is 21.9. The van der Waals surface area contributed by atoms with E-state index in [1.807, 2.05) is 4.90 Å². The predicted molar refractivity (Wildman–Crippen MR) is 128 cm³/mol. The Morgan fingerprint density at radius 2 is 1.09 bits per heavy atom. The number of hydrogen-bond acceptors (Lipinski definition) is 6. The average molecular weight is 637 g/mol. The molecule has 0 aliphatic carbocycles. The maximum absolute atomic E-state index is 14.2. The van der Waals surface area contributed by atoms with Gasteiger partial charge in [-0.3, -0.25) is 9.59 Å². The molecule has 1 spiro atoms. The average Bonchev–Trinajstić information content (AvgIpc) is 3.78. The van der Waals surface area contributed by atoms with Crippen LogP contribution in [0.3, 0.4) is 0 Å². The fourth-order valence-corrected chi connectivity index (χ4v) is 4.66. The summed E-state index contributed by atoms with van der Waals surface area (Å²) in [5.41, 5.74) is 0.307. The third-order valence-electron chi connectivity index (χ3n) is 7.30. The molecule has 0 saturated carbocycles. The van der Waals surface area contributed by atoms with E-state index in [0.717, 1.165) is 12.8 Å². The summed E-state index contributed by atoms with van der Waals surface area (Å²) in [6.45, 7) is 1.84. The summed E-state index contributed by atoms with van der Waals surface area (Å²) < 4.78 is 152. The minimum absolute atomic E-state index is 0.148. The van der Waals surface area contributed by atoms with Gasteiger partial charge in [0.25, 0.3) is 0 Å². The Balaban J connectivity index is 1.44. The van der Waals surface area contributed by atoms with E-state index in [2.05, 4.69) is 9.47 Å². The Hall–Kier alpha value is -4.34. The van der Waals surface area contributed by atoms with Crippen molar-refractivity contribution in [1.29, 1.82) is 0 Å². The second-order valence-corrected chi connectivity index (χ2v) is 10.0. The number of hydrogen-bond donors (Lipinski definition) is 0. The van der Waals surface area contributed by atoms with Crippen molar-refractivity contribution in [3.8, 4) is 11.5 Å². The van der Waals surface area contributed by atoms with Gasteiger partial charge < -0.3 is 19.1 Å². The molecule has 2 fully saturated rings. The lowest BCUT2D eigenvalue weighted by Gasteiger charge is -2.32. The first-order valence-electron chi connectivity index (χ1n) is 12.7. The number of epoxide rings is 1. The Morgan fingerprint density at radius 1 is 0.682 bits per heavy atom. The van der Waals surface area contributed by atoms with Crippen LogP contribution in [0.1, 0.15) is 30.7 Å². The highest BCUT2D eigenvalue weighted by Gasteiger charge is 2.46. The van der Waals surface area contributed by atoms with E-state index in [9.17, 15) is 53.5 Å². The highest BCUT2D eigenvalue weighted by molar-refractivity contribution is 5.86. The standard InChI is InChI=1S/C28H17F10NO5/c29-15-17(31)21(35)25(22(36)18(15)32)43-14(40)9-13(27(41)44-26-23(37)19(33)16(30)20(34)24(26)38)11-1-3-12(4-2-11)39-7-5-28(6-8-39)10-42-28/h1-4,13H,5-10H2. The van der Waals surface area contributed by atoms with Gasteiger partial charge in [-0.15, -0.1) is 0 Å². The first-order chi connectivity index (χ1) is 20.7. The maximum atomic E-state index is 14.2. The van der Waals surface area contributed by atoms with Gasteiger partial charge in [-0.2, -0.15) is 17.6 Å². The third kappa shape index (κ3) is 5.65. The molecule has 0 bridgehead atoms. The van der Waals surface area contributed by atoms with Crippen LogP contribution < -0.4 is 14.4 Å². The number of anilines is 1. The molecule has 0 amide bonds. The summed E-state index contributed by atoms with van der Waals surface area (Å²) >= 11 is 0. The summed E-state index contributed by atoms with van der Waals surface area (Å²) in [6, 6.07) is 5.41. The van der Waals surface area contributed by atoms with Crippen LogP contribution in [-0.4, -0.2) is 37.2 Å². The van der Waals surface area contributed by atoms with Gasteiger partial charge >= 0.3 is 11.9 Å². The highest BCUT2D eigenvalue weighted by Crippen LogP contribution is 2.39. The molecule has 0 radical (unpaired) electrons. The Kier molecular flexibility index (Phi) is 8.22. The fraction of sp³-hybridized carbons (Fsp3) is 0.286. The van der Waals surface area contributed by atoms with Gasteiger partial charge in [-0.25, -0.2) is 26.3 Å². The number of carbonyl (C=O) groups excluding carboxylic acids is 2. The molecule has 2 saturated heterocycles. The van der Waals surface area contributed by atoms with Gasteiger partial charge in [0, 0.05) is 18.8 Å². The summed E-state index contributed by atoms with van der Waals surface area (Å²) in [5, 5.41) is 0. The summed E-state index contributed by atoms with van der Waals surface area (Å²) in [5.74, 6) is -34.5. The van der Waals surface area contributed by atoms with E-state index in [0.29, 0.717) is 25.4 Å². The van der Waals surface area contributed by atoms with Crippen LogP contribution >= 0.6 is 0 Å². The van der Waals surface area contributed by atoms with Crippen LogP contribution in [0.4, 0.5) is 49.6 Å². The lowest BCUT2D eigenvalue weighted by molar-refractivity contribution is -0.142. The van der Waals surface area contributed by atoms with Crippen LogP contribution in [0.25, 0.3) is 0 Å². The number of esters is 2. The maximum Gasteiger partial charge on any atom is 0.319 e. The smallest absolute Gasteiger partial charge is 0.319 e. The molecular weight excluding hydrogens is 620 g/mol. The van der Waals surface area contributed by atoms with Crippen LogP contribution in [0.2, 0.25) is 0 Å². The molecule has 44 heavy (non-hydrogen) atoms.